The molecule has 1 saturated heterocycles. The molecule has 4 heterocycles. The number of aromatic hydroxyl groups is 2. The maximum absolute atomic E-state index is 13.3. The molecule has 6 atom stereocenters. The molecule has 2 bridgehead atoms. The third kappa shape index (κ3) is 5.64. The molecule has 13 heteroatoms. The van der Waals surface area contributed by atoms with Crippen molar-refractivity contribution in [3.63, 3.8) is 0 Å². The molecular formula is C33H44AcN4O8. The van der Waals surface area contributed by atoms with E-state index in [0.717, 1.165) is 16.7 Å². The number of phenols is 2. The van der Waals surface area contributed by atoms with Gasteiger partial charge in [-0.25, -0.2) is 0 Å². The van der Waals surface area contributed by atoms with Gasteiger partial charge in [0, 0.05) is 85.3 Å². The number of rotatable bonds is 7. The number of piperazine rings is 1. The van der Waals surface area contributed by atoms with E-state index in [1.165, 1.54) is 7.11 Å². The van der Waals surface area contributed by atoms with Crippen LogP contribution in [0.4, 0.5) is 0 Å². The summed E-state index contributed by atoms with van der Waals surface area (Å²) in [6.07, 6.45) is 0.200. The van der Waals surface area contributed by atoms with Crippen molar-refractivity contribution in [1.29, 1.82) is 0 Å². The van der Waals surface area contributed by atoms with Crippen LogP contribution in [-0.4, -0.2) is 88.8 Å². The Kier molecular flexibility index (Phi) is 10.1. The fourth-order valence-electron chi connectivity index (χ4n) is 7.94. The molecule has 4 aliphatic rings. The molecule has 1 radical (unpaired) electrons. The van der Waals surface area contributed by atoms with Gasteiger partial charge in [0.15, 0.2) is 23.0 Å². The fourth-order valence-corrected chi connectivity index (χ4v) is 7.94. The molecule has 2 amide bonds. The number of aliphatic hydroxyl groups is 1. The van der Waals surface area contributed by atoms with E-state index in [4.69, 9.17) is 14.2 Å². The van der Waals surface area contributed by atoms with Gasteiger partial charge < -0.3 is 40.2 Å². The minimum atomic E-state index is -0.950. The Hall–Kier alpha value is -2.30. The van der Waals surface area contributed by atoms with E-state index >= 15 is 0 Å². The van der Waals surface area contributed by atoms with Crippen LogP contribution in [0.3, 0.4) is 0 Å². The monoisotopic (exact) mass is 851 g/mol. The van der Waals surface area contributed by atoms with Gasteiger partial charge >= 0.3 is 0 Å². The SMILES string of the molecule is COc1c(C)cc2c(c1O)[C@@H]1C3Cc4c(O)c(C)c5c(c4[C@H](CNC(=O)[C@@H](C)NC(=O)CC(C)C)N3C(O)[C@H](C2)N1C)OCO5.[Ac]. The van der Waals surface area contributed by atoms with E-state index in [1.807, 2.05) is 38.8 Å². The van der Waals surface area contributed by atoms with Gasteiger partial charge in [0.25, 0.3) is 0 Å². The first-order valence-corrected chi connectivity index (χ1v) is 15.6. The van der Waals surface area contributed by atoms with Crippen molar-refractivity contribution in [1.82, 2.24) is 20.4 Å². The summed E-state index contributed by atoms with van der Waals surface area (Å²) < 4.78 is 17.3. The summed E-state index contributed by atoms with van der Waals surface area (Å²) in [5, 5.41) is 40.9. The summed E-state index contributed by atoms with van der Waals surface area (Å²) in [4.78, 5) is 29.8. The zero-order chi connectivity index (χ0) is 32.5. The maximum Gasteiger partial charge on any atom is 0.242 e. The molecule has 0 saturated carbocycles. The smallest absolute Gasteiger partial charge is 0.242 e. The summed E-state index contributed by atoms with van der Waals surface area (Å²) in [5.74, 6) is 1.10. The zero-order valence-corrected chi connectivity index (χ0v) is 32.3. The summed E-state index contributed by atoms with van der Waals surface area (Å²) in [6.45, 7) is 9.25. The Labute approximate surface area is 305 Å². The van der Waals surface area contributed by atoms with Crippen LogP contribution >= 0.6 is 0 Å². The summed E-state index contributed by atoms with van der Waals surface area (Å²) in [6, 6.07) is -0.448. The number of benzene rings is 2. The molecule has 0 aromatic heterocycles. The fraction of sp³-hybridized carbons (Fsp3) is 0.576. The van der Waals surface area contributed by atoms with Gasteiger partial charge in [-0.3, -0.25) is 19.4 Å². The Morgan fingerprint density at radius 1 is 1.07 bits per heavy atom. The second kappa shape index (κ2) is 13.3. The quantitative estimate of drug-likeness (QED) is 0.281. The van der Waals surface area contributed by atoms with Crippen molar-refractivity contribution < 1.29 is 83.2 Å². The van der Waals surface area contributed by atoms with E-state index in [2.05, 4.69) is 15.5 Å². The maximum atomic E-state index is 13.3. The van der Waals surface area contributed by atoms with Crippen LogP contribution in [-0.2, 0) is 22.4 Å². The second-order valence-corrected chi connectivity index (χ2v) is 13.2. The largest absolute Gasteiger partial charge is 0.507 e. The van der Waals surface area contributed by atoms with Crippen LogP contribution in [0.2, 0.25) is 0 Å². The van der Waals surface area contributed by atoms with Gasteiger partial charge in [0.05, 0.1) is 25.2 Å². The molecular weight excluding hydrogens is 807 g/mol. The Morgan fingerprint density at radius 3 is 2.43 bits per heavy atom. The number of fused-ring (bicyclic) bond motifs is 9. The Bertz CT molecular complexity index is 1550. The average molecular weight is 852 g/mol. The first-order valence-electron chi connectivity index (χ1n) is 15.6. The van der Waals surface area contributed by atoms with E-state index in [1.54, 1.807) is 13.8 Å². The van der Waals surface area contributed by atoms with Crippen molar-refractivity contribution >= 4 is 11.8 Å². The van der Waals surface area contributed by atoms with Crippen LogP contribution < -0.4 is 24.8 Å². The summed E-state index contributed by atoms with van der Waals surface area (Å²) in [5.41, 5.74) is 4.37. The van der Waals surface area contributed by atoms with Crippen LogP contribution in [0.5, 0.6) is 28.7 Å². The number of ether oxygens (including phenoxy) is 3. The van der Waals surface area contributed by atoms with Crippen molar-refractivity contribution in [2.24, 2.45) is 5.92 Å². The van der Waals surface area contributed by atoms with Gasteiger partial charge in [-0.2, -0.15) is 0 Å². The first kappa shape index (κ1) is 35.0. The zero-order valence-electron chi connectivity index (χ0n) is 27.5. The van der Waals surface area contributed by atoms with E-state index in [9.17, 15) is 24.9 Å². The predicted octanol–water partition coefficient (Wildman–Crippen LogP) is 2.32. The molecule has 6 rings (SSSR count). The molecule has 0 spiro atoms. The molecule has 247 valence electrons. The molecule has 46 heavy (non-hydrogen) atoms. The number of likely N-dealkylation sites (N-methyl/N-ethyl adjacent to an activating group) is 1. The van der Waals surface area contributed by atoms with Crippen LogP contribution in [0.25, 0.3) is 0 Å². The number of carbonyl (C=O) groups is 2. The van der Waals surface area contributed by atoms with E-state index in [0.29, 0.717) is 53.2 Å². The molecule has 12 nitrogen and oxygen atoms in total. The molecule has 2 unspecified atom stereocenters. The summed E-state index contributed by atoms with van der Waals surface area (Å²) >= 11 is 0. The minimum absolute atomic E-state index is 0. The predicted molar refractivity (Wildman–Crippen MR) is 165 cm³/mol. The Balaban J connectivity index is 0.00000417. The Morgan fingerprint density at radius 2 is 1.76 bits per heavy atom. The summed E-state index contributed by atoms with van der Waals surface area (Å²) in [7, 11) is 3.48. The van der Waals surface area contributed by atoms with Crippen molar-refractivity contribution in [3.05, 3.63) is 39.4 Å². The molecule has 2 aromatic carbocycles. The number of aliphatic hydroxyl groups excluding tert-OH is 1. The van der Waals surface area contributed by atoms with Crippen LogP contribution in [0.1, 0.15) is 72.7 Å². The number of methoxy groups -OCH3 is 1. The third-order valence-electron chi connectivity index (χ3n) is 9.96. The van der Waals surface area contributed by atoms with Crippen LogP contribution in [0, 0.1) is 63.8 Å². The van der Waals surface area contributed by atoms with E-state index in [-0.39, 0.29) is 98.7 Å². The number of aryl methyl sites for hydroxylation is 1. The van der Waals surface area contributed by atoms with E-state index < -0.39 is 24.4 Å². The van der Waals surface area contributed by atoms with Crippen molar-refractivity contribution in [2.75, 3.05) is 27.5 Å². The molecule has 4 aliphatic heterocycles. The number of hydrogen-bond donors (Lipinski definition) is 5. The van der Waals surface area contributed by atoms with Gasteiger partial charge in [-0.15, -0.1) is 0 Å². The minimum Gasteiger partial charge on any atom is -0.507 e. The van der Waals surface area contributed by atoms with Crippen molar-refractivity contribution in [2.45, 2.75) is 90.3 Å². The molecule has 1 fully saturated rings. The number of carbonyl (C=O) groups excluding carboxylic acids is 2. The second-order valence-electron chi connectivity index (χ2n) is 13.2. The number of hydrogen-bond acceptors (Lipinski definition) is 10. The van der Waals surface area contributed by atoms with Crippen molar-refractivity contribution in [3.8, 4) is 28.7 Å². The molecule has 0 aliphatic carbocycles. The standard InChI is InChI=1S/C33H44N4O8.Ac/c1-14(2)8-23(38)35-17(5)32(41)34-12-22-25-19(27(39)16(4)30-31(25)45-13-44-30)11-20-26-24-18(9-15(3)29(43-7)28(24)40)10-21(36(26)6)33(42)37(20)22;/h9,14,17,20-22,26,33,39-40,42H,8,10-13H2,1-7H3,(H,34,41)(H,35,38);/t17-,20?,21+,22+,26+,33?;/m1./s1. The topological polar surface area (TPSA) is 153 Å². The number of amides is 2. The first-order chi connectivity index (χ1) is 21.3. The average Bonchev–Trinajstić information content (AvgIpc) is 3.46. The number of nitrogens with zero attached hydrogens (tertiary/aromatic N) is 2. The number of nitrogens with one attached hydrogen (secondary N) is 2. The molecule has 5 N–H and O–H groups in total. The van der Waals surface area contributed by atoms with Gasteiger partial charge in [-0.1, -0.05) is 19.9 Å². The van der Waals surface area contributed by atoms with Gasteiger partial charge in [0.1, 0.15) is 18.0 Å². The van der Waals surface area contributed by atoms with Gasteiger partial charge in [-0.05, 0) is 57.7 Å². The normalized spacial score (nSPS) is 25.1. The third-order valence-corrected chi connectivity index (χ3v) is 9.96. The molecule has 2 aromatic rings. The van der Waals surface area contributed by atoms with Crippen LogP contribution in [0.15, 0.2) is 6.07 Å². The number of phenolic OH excluding ortho intramolecular Hbond substituents is 2. The van der Waals surface area contributed by atoms with Gasteiger partial charge in [0.2, 0.25) is 18.6 Å².